The quantitative estimate of drug-likeness (QED) is 0.816. The predicted octanol–water partition coefficient (Wildman–Crippen LogP) is 2.53. The monoisotopic (exact) mass is 359 g/mol. The van der Waals surface area contributed by atoms with Gasteiger partial charge in [-0.15, -0.1) is 0 Å². The maximum atomic E-state index is 11.2. The number of aromatic nitrogens is 4. The van der Waals surface area contributed by atoms with E-state index >= 15 is 0 Å². The van der Waals surface area contributed by atoms with Crippen LogP contribution in [-0.2, 0) is 11.3 Å². The minimum absolute atomic E-state index is 0.0262. The zero-order valence-electron chi connectivity index (χ0n) is 14.8. The molecule has 0 radical (unpaired) electrons. The van der Waals surface area contributed by atoms with Crippen LogP contribution in [0.5, 0.6) is 0 Å². The molecule has 2 N–H and O–H groups in total. The number of H-pyrrole nitrogens is 1. The van der Waals surface area contributed by atoms with Crippen LogP contribution in [0.1, 0.15) is 67.5 Å². The first kappa shape index (κ1) is 17.2. The van der Waals surface area contributed by atoms with Gasteiger partial charge in [-0.1, -0.05) is 24.4 Å². The highest BCUT2D eigenvalue weighted by molar-refractivity contribution is 5.67. The molecule has 2 fully saturated rings. The van der Waals surface area contributed by atoms with Crippen molar-refractivity contribution in [3.8, 4) is 0 Å². The Morgan fingerprint density at radius 3 is 2.85 bits per heavy atom. The lowest BCUT2D eigenvalue weighted by Gasteiger charge is -2.18. The fourth-order valence-corrected chi connectivity index (χ4v) is 4.46. The summed E-state index contributed by atoms with van der Waals surface area (Å²) < 4.78 is 5.58. The summed E-state index contributed by atoms with van der Waals surface area (Å²) in [4.78, 5) is 13.5. The molecule has 8 heteroatoms. The van der Waals surface area contributed by atoms with Gasteiger partial charge < -0.3 is 9.63 Å². The number of aliphatic carboxylic acids is 1. The fourth-order valence-electron chi connectivity index (χ4n) is 4.46. The smallest absolute Gasteiger partial charge is 0.303 e. The Hall–Kier alpha value is -2.22. The van der Waals surface area contributed by atoms with Gasteiger partial charge >= 0.3 is 5.97 Å². The largest absolute Gasteiger partial charge is 0.481 e. The lowest BCUT2D eigenvalue weighted by molar-refractivity contribution is -0.138. The topological polar surface area (TPSA) is 108 Å². The molecule has 0 spiro atoms. The summed E-state index contributed by atoms with van der Waals surface area (Å²) >= 11 is 0. The highest BCUT2D eigenvalue weighted by Gasteiger charge is 2.37. The molecule has 8 nitrogen and oxygen atoms in total. The molecule has 3 heterocycles. The number of carbonyl (C=O) groups is 1. The van der Waals surface area contributed by atoms with Gasteiger partial charge in [0.15, 0.2) is 5.76 Å². The average molecular weight is 359 g/mol. The number of hydrogen-bond acceptors (Lipinski definition) is 6. The van der Waals surface area contributed by atoms with Gasteiger partial charge in [0.25, 0.3) is 0 Å². The van der Waals surface area contributed by atoms with Crippen LogP contribution in [0.4, 0.5) is 0 Å². The summed E-state index contributed by atoms with van der Waals surface area (Å²) in [6.45, 7) is 2.12. The predicted molar refractivity (Wildman–Crippen MR) is 92.5 cm³/mol. The van der Waals surface area contributed by atoms with E-state index in [1.807, 2.05) is 0 Å². The number of hydrogen-bond donors (Lipinski definition) is 2. The van der Waals surface area contributed by atoms with Crippen LogP contribution in [0.2, 0.25) is 0 Å². The Morgan fingerprint density at radius 1 is 1.27 bits per heavy atom. The van der Waals surface area contributed by atoms with E-state index in [2.05, 4.69) is 31.5 Å². The Kier molecular flexibility index (Phi) is 5.01. The third-order valence-corrected chi connectivity index (χ3v) is 5.75. The first-order chi connectivity index (χ1) is 12.7. The fraction of sp³-hybridized carbons (Fsp3) is 0.667. The van der Waals surface area contributed by atoms with E-state index in [1.165, 1.54) is 32.1 Å². The molecule has 1 saturated carbocycles. The number of carboxylic acid groups (broad SMARTS) is 1. The van der Waals surface area contributed by atoms with E-state index in [1.54, 1.807) is 6.20 Å². The van der Waals surface area contributed by atoms with Gasteiger partial charge in [-0.2, -0.15) is 15.4 Å². The molecule has 1 saturated heterocycles. The standard InChI is InChI=1S/C18H25N5O3/c24-18(25)6-13-9-23(11-15(13)17-8-19-22-20-17)10-14-7-16(21-26-14)12-4-2-1-3-5-12/h7-8,12-13,15H,1-6,9-11H2,(H,24,25)(H,19,20,22)/t13-,15+/m1/s1. The third kappa shape index (κ3) is 3.80. The Labute approximate surface area is 151 Å². The molecule has 1 aliphatic carbocycles. The van der Waals surface area contributed by atoms with Crippen LogP contribution in [0.25, 0.3) is 0 Å². The molecule has 0 aromatic carbocycles. The van der Waals surface area contributed by atoms with Crippen molar-refractivity contribution in [2.24, 2.45) is 5.92 Å². The van der Waals surface area contributed by atoms with Gasteiger partial charge in [0.05, 0.1) is 30.6 Å². The number of likely N-dealkylation sites (tertiary alicyclic amines) is 1. The van der Waals surface area contributed by atoms with Crippen LogP contribution in [-0.4, -0.2) is 49.6 Å². The lowest BCUT2D eigenvalue weighted by atomic mass is 9.87. The number of carboxylic acids is 1. The number of nitrogens with zero attached hydrogens (tertiary/aromatic N) is 4. The summed E-state index contributed by atoms with van der Waals surface area (Å²) in [6, 6.07) is 2.09. The van der Waals surface area contributed by atoms with Gasteiger partial charge in [-0.25, -0.2) is 0 Å². The van der Waals surface area contributed by atoms with E-state index in [4.69, 9.17) is 4.52 Å². The molecule has 2 aromatic heterocycles. The molecule has 0 amide bonds. The van der Waals surface area contributed by atoms with Crippen molar-refractivity contribution < 1.29 is 14.4 Å². The number of nitrogens with one attached hydrogen (secondary N) is 1. The lowest BCUT2D eigenvalue weighted by Crippen LogP contribution is -2.20. The Bertz CT molecular complexity index is 723. The maximum Gasteiger partial charge on any atom is 0.303 e. The summed E-state index contributed by atoms with van der Waals surface area (Å²) in [6.07, 6.45) is 8.10. The number of aromatic amines is 1. The van der Waals surface area contributed by atoms with Gasteiger partial charge in [-0.3, -0.25) is 9.69 Å². The Morgan fingerprint density at radius 2 is 2.12 bits per heavy atom. The summed E-state index contributed by atoms with van der Waals surface area (Å²) in [5.41, 5.74) is 1.91. The zero-order chi connectivity index (χ0) is 17.9. The second-order valence-corrected chi connectivity index (χ2v) is 7.61. The van der Waals surface area contributed by atoms with Crippen molar-refractivity contribution in [3.05, 3.63) is 29.4 Å². The molecular weight excluding hydrogens is 334 g/mol. The molecule has 26 heavy (non-hydrogen) atoms. The Balaban J connectivity index is 1.42. The van der Waals surface area contributed by atoms with Crippen molar-refractivity contribution in [3.63, 3.8) is 0 Å². The normalized spacial score (nSPS) is 24.9. The molecule has 2 atom stereocenters. The molecule has 4 rings (SSSR count). The van der Waals surface area contributed by atoms with Crippen molar-refractivity contribution in [1.82, 2.24) is 25.5 Å². The highest BCUT2D eigenvalue weighted by atomic mass is 16.5. The van der Waals surface area contributed by atoms with Crippen LogP contribution < -0.4 is 0 Å². The minimum atomic E-state index is -0.774. The average Bonchev–Trinajstić information content (AvgIpc) is 3.36. The van der Waals surface area contributed by atoms with Crippen molar-refractivity contribution in [1.29, 1.82) is 0 Å². The van der Waals surface area contributed by atoms with E-state index in [9.17, 15) is 9.90 Å². The maximum absolute atomic E-state index is 11.2. The van der Waals surface area contributed by atoms with E-state index in [0.717, 1.165) is 23.7 Å². The molecule has 1 aliphatic heterocycles. The second kappa shape index (κ2) is 7.57. The SMILES string of the molecule is O=C(O)C[C@@H]1CN(Cc2cc(C3CCCCC3)no2)C[C@@H]1c1cn[nH]n1. The second-order valence-electron chi connectivity index (χ2n) is 7.61. The van der Waals surface area contributed by atoms with Crippen LogP contribution in [0.3, 0.4) is 0 Å². The van der Waals surface area contributed by atoms with Crippen molar-refractivity contribution in [2.75, 3.05) is 13.1 Å². The van der Waals surface area contributed by atoms with Gasteiger partial charge in [-0.05, 0) is 18.8 Å². The third-order valence-electron chi connectivity index (χ3n) is 5.75. The molecular formula is C18H25N5O3. The molecule has 0 unspecified atom stereocenters. The van der Waals surface area contributed by atoms with Gasteiger partial charge in [0, 0.05) is 31.0 Å². The van der Waals surface area contributed by atoms with E-state index in [-0.39, 0.29) is 18.3 Å². The highest BCUT2D eigenvalue weighted by Crippen LogP contribution is 2.35. The molecule has 0 bridgehead atoms. The summed E-state index contributed by atoms with van der Waals surface area (Å²) in [5.74, 6) is 0.719. The first-order valence-corrected chi connectivity index (χ1v) is 9.44. The zero-order valence-corrected chi connectivity index (χ0v) is 14.8. The van der Waals surface area contributed by atoms with Gasteiger partial charge in [0.1, 0.15) is 0 Å². The molecule has 2 aliphatic rings. The number of rotatable bonds is 6. The van der Waals surface area contributed by atoms with Crippen LogP contribution in [0.15, 0.2) is 16.8 Å². The van der Waals surface area contributed by atoms with E-state index in [0.29, 0.717) is 19.0 Å². The van der Waals surface area contributed by atoms with Gasteiger partial charge in [0.2, 0.25) is 0 Å². The molecule has 2 aromatic rings. The van der Waals surface area contributed by atoms with Crippen molar-refractivity contribution >= 4 is 5.97 Å². The van der Waals surface area contributed by atoms with E-state index < -0.39 is 5.97 Å². The molecule has 140 valence electrons. The summed E-state index contributed by atoms with van der Waals surface area (Å²) in [5, 5.41) is 24.2. The van der Waals surface area contributed by atoms with Crippen molar-refractivity contribution in [2.45, 2.75) is 56.9 Å². The minimum Gasteiger partial charge on any atom is -0.481 e. The van der Waals surface area contributed by atoms with Crippen LogP contribution in [0, 0.1) is 5.92 Å². The van der Waals surface area contributed by atoms with Crippen LogP contribution >= 0.6 is 0 Å². The summed E-state index contributed by atoms with van der Waals surface area (Å²) in [7, 11) is 0. The first-order valence-electron chi connectivity index (χ1n) is 9.44.